The van der Waals surface area contributed by atoms with Gasteiger partial charge in [0.2, 0.25) is 0 Å². The summed E-state index contributed by atoms with van der Waals surface area (Å²) in [6.45, 7) is 6.28. The van der Waals surface area contributed by atoms with Gasteiger partial charge >= 0.3 is 0 Å². The Labute approximate surface area is 186 Å². The molecule has 0 spiro atoms. The van der Waals surface area contributed by atoms with Gasteiger partial charge < -0.3 is 14.6 Å². The van der Waals surface area contributed by atoms with Crippen molar-refractivity contribution < 1.29 is 19.0 Å². The molecule has 2 unspecified atom stereocenters. The highest BCUT2D eigenvalue weighted by molar-refractivity contribution is 6.35. The molecule has 29 heavy (non-hydrogen) atoms. The Hall–Kier alpha value is -1.08. The molecule has 1 aliphatic heterocycles. The Bertz CT molecular complexity index is 817. The van der Waals surface area contributed by atoms with Gasteiger partial charge in [-0.1, -0.05) is 29.3 Å². The number of benzene rings is 2. The van der Waals surface area contributed by atoms with Gasteiger partial charge in [0, 0.05) is 30.2 Å². The average Bonchev–Trinajstić information content (AvgIpc) is 2.62. The molecule has 1 heterocycles. The smallest absolute Gasteiger partial charge is 0.142 e. The summed E-state index contributed by atoms with van der Waals surface area (Å²) in [6, 6.07) is 8.67. The zero-order chi connectivity index (χ0) is 20.3. The molecule has 3 rings (SSSR count). The summed E-state index contributed by atoms with van der Waals surface area (Å²) in [5.41, 5.74) is 2.80. The number of halogens is 4. The van der Waals surface area contributed by atoms with E-state index >= 15 is 0 Å². The minimum Gasteiger partial charge on any atom is -0.491 e. The van der Waals surface area contributed by atoms with Crippen molar-refractivity contribution in [3.8, 4) is 5.75 Å². The molecule has 0 radical (unpaired) electrons. The molecule has 1 saturated heterocycles. The summed E-state index contributed by atoms with van der Waals surface area (Å²) in [6.07, 6.45) is -1.03. The second kappa shape index (κ2) is 10.8. The average molecular weight is 465 g/mol. The summed E-state index contributed by atoms with van der Waals surface area (Å²) >= 11 is 12.0. The van der Waals surface area contributed by atoms with E-state index in [-0.39, 0.29) is 30.1 Å². The van der Waals surface area contributed by atoms with E-state index in [2.05, 4.69) is 11.0 Å². The second-order valence-corrected chi connectivity index (χ2v) is 8.01. The van der Waals surface area contributed by atoms with E-state index in [0.29, 0.717) is 36.8 Å². The van der Waals surface area contributed by atoms with Gasteiger partial charge in [0.25, 0.3) is 0 Å². The topological polar surface area (TPSA) is 41.9 Å². The van der Waals surface area contributed by atoms with Crippen LogP contribution in [0.4, 0.5) is 4.39 Å². The first-order valence-corrected chi connectivity index (χ1v) is 9.95. The number of ether oxygens (including phenoxy) is 2. The van der Waals surface area contributed by atoms with Crippen LogP contribution >= 0.6 is 35.6 Å². The number of nitrogens with zero attached hydrogens (tertiary/aromatic N) is 1. The van der Waals surface area contributed by atoms with Gasteiger partial charge in [0.1, 0.15) is 24.3 Å². The van der Waals surface area contributed by atoms with Crippen molar-refractivity contribution in [2.24, 2.45) is 0 Å². The molecule has 8 heteroatoms. The number of β-amino-alcohol motifs (C(OH)–C–C–N with tert-alkyl or cyclic N) is 1. The number of rotatable bonds is 6. The normalized spacial score (nSPS) is 18.2. The molecule has 0 bridgehead atoms. The molecule has 0 saturated carbocycles. The fourth-order valence-electron chi connectivity index (χ4n) is 3.40. The summed E-state index contributed by atoms with van der Waals surface area (Å²) in [7, 11) is 0. The lowest BCUT2D eigenvalue weighted by Crippen LogP contribution is -2.43. The largest absolute Gasteiger partial charge is 0.491 e. The van der Waals surface area contributed by atoms with Gasteiger partial charge in [-0.3, -0.25) is 4.90 Å². The predicted molar refractivity (Wildman–Crippen MR) is 116 cm³/mol. The number of aliphatic hydroxyl groups is 1. The molecule has 1 fully saturated rings. The summed E-state index contributed by atoms with van der Waals surface area (Å²) < 4.78 is 25.3. The molecular weight excluding hydrogens is 440 g/mol. The van der Waals surface area contributed by atoms with Crippen molar-refractivity contribution in [3.63, 3.8) is 0 Å². The molecule has 4 nitrogen and oxygen atoms in total. The maximum Gasteiger partial charge on any atom is 0.142 e. The van der Waals surface area contributed by atoms with Gasteiger partial charge in [0.15, 0.2) is 0 Å². The molecule has 0 aliphatic carbocycles. The van der Waals surface area contributed by atoms with E-state index in [1.54, 1.807) is 0 Å². The second-order valence-electron chi connectivity index (χ2n) is 7.20. The molecule has 1 aliphatic rings. The Morgan fingerprint density at radius 2 is 1.86 bits per heavy atom. The van der Waals surface area contributed by atoms with Crippen LogP contribution in [0, 0.1) is 19.7 Å². The number of aliphatic hydroxyl groups excluding tert-OH is 1. The first-order chi connectivity index (χ1) is 13.3. The number of hydrogen-bond donors (Lipinski definition) is 1. The van der Waals surface area contributed by atoms with Gasteiger partial charge in [-0.05, 0) is 49.2 Å². The third kappa shape index (κ3) is 6.71. The van der Waals surface area contributed by atoms with Crippen LogP contribution in [0.5, 0.6) is 5.75 Å². The quantitative estimate of drug-likeness (QED) is 0.612. The van der Waals surface area contributed by atoms with E-state index in [9.17, 15) is 9.50 Å². The molecule has 1 N–H and O–H groups in total. The third-order valence-corrected chi connectivity index (χ3v) is 5.26. The predicted octanol–water partition coefficient (Wildman–Crippen LogP) is 4.98. The van der Waals surface area contributed by atoms with Crippen LogP contribution in [-0.4, -0.2) is 49.0 Å². The molecule has 2 aromatic rings. The van der Waals surface area contributed by atoms with Crippen LogP contribution in [0.3, 0.4) is 0 Å². The maximum absolute atomic E-state index is 13.8. The Balaban J connectivity index is 0.00000300. The standard InChI is InChI=1S/C21H24Cl2FNO3.ClH/c1-13-5-14(2)7-16(6-13)28-12-15(26)10-25-3-4-27-21(11-25)17-8-20(24)19(23)9-18(17)22;/h5-9,15,21,26H,3-4,10-12H2,1-2H3;1H. The minimum atomic E-state index is -0.656. The van der Waals surface area contributed by atoms with E-state index in [1.165, 1.54) is 12.1 Å². The first kappa shape index (κ1) is 24.2. The lowest BCUT2D eigenvalue weighted by Gasteiger charge is -2.34. The monoisotopic (exact) mass is 463 g/mol. The van der Waals surface area contributed by atoms with E-state index in [4.69, 9.17) is 32.7 Å². The first-order valence-electron chi connectivity index (χ1n) is 9.19. The van der Waals surface area contributed by atoms with Crippen molar-refractivity contribution in [2.45, 2.75) is 26.1 Å². The van der Waals surface area contributed by atoms with Gasteiger partial charge in [0.05, 0.1) is 17.7 Å². The van der Waals surface area contributed by atoms with Crippen LogP contribution in [0.1, 0.15) is 22.8 Å². The van der Waals surface area contributed by atoms with Crippen LogP contribution in [-0.2, 0) is 4.74 Å². The number of hydrogen-bond acceptors (Lipinski definition) is 4. The molecule has 2 atom stereocenters. The van der Waals surface area contributed by atoms with Gasteiger partial charge in [-0.2, -0.15) is 0 Å². The minimum absolute atomic E-state index is 0. The zero-order valence-corrected chi connectivity index (χ0v) is 18.7. The molecule has 160 valence electrons. The fourth-order valence-corrected chi connectivity index (χ4v) is 3.91. The third-order valence-electron chi connectivity index (χ3n) is 4.64. The van der Waals surface area contributed by atoms with Crippen molar-refractivity contribution in [1.82, 2.24) is 4.90 Å². The van der Waals surface area contributed by atoms with Gasteiger partial charge in [-0.25, -0.2) is 4.39 Å². The maximum atomic E-state index is 13.8. The summed E-state index contributed by atoms with van der Waals surface area (Å²) in [5.74, 6) is 0.225. The van der Waals surface area contributed by atoms with E-state index in [0.717, 1.165) is 16.9 Å². The fraction of sp³-hybridized carbons (Fsp3) is 0.429. The Morgan fingerprint density at radius 1 is 1.17 bits per heavy atom. The number of aryl methyl sites for hydroxylation is 2. The molecule has 2 aromatic carbocycles. The van der Waals surface area contributed by atoms with E-state index in [1.807, 2.05) is 26.0 Å². The highest BCUT2D eigenvalue weighted by Gasteiger charge is 2.26. The summed E-state index contributed by atoms with van der Waals surface area (Å²) in [5, 5.41) is 10.7. The lowest BCUT2D eigenvalue weighted by atomic mass is 10.1. The SMILES string of the molecule is Cc1cc(C)cc(OCC(O)CN2CCOC(c3cc(F)c(Cl)cc3Cl)C2)c1.Cl. The Morgan fingerprint density at radius 3 is 2.55 bits per heavy atom. The number of morpholine rings is 1. The lowest BCUT2D eigenvalue weighted by molar-refractivity contribution is -0.0460. The van der Waals surface area contributed by atoms with Crippen LogP contribution in [0.15, 0.2) is 30.3 Å². The Kier molecular flexibility index (Phi) is 9.01. The van der Waals surface area contributed by atoms with Crippen LogP contribution < -0.4 is 4.74 Å². The van der Waals surface area contributed by atoms with Crippen molar-refractivity contribution >= 4 is 35.6 Å². The van der Waals surface area contributed by atoms with Crippen molar-refractivity contribution in [2.75, 3.05) is 32.8 Å². The molecule has 0 aromatic heterocycles. The van der Waals surface area contributed by atoms with Crippen molar-refractivity contribution in [1.29, 1.82) is 0 Å². The zero-order valence-electron chi connectivity index (χ0n) is 16.3. The van der Waals surface area contributed by atoms with Crippen molar-refractivity contribution in [3.05, 3.63) is 62.9 Å². The van der Waals surface area contributed by atoms with Crippen LogP contribution in [0.25, 0.3) is 0 Å². The molecular formula is C21H25Cl3FNO3. The van der Waals surface area contributed by atoms with Crippen LogP contribution in [0.2, 0.25) is 10.0 Å². The highest BCUT2D eigenvalue weighted by Crippen LogP contribution is 2.32. The highest BCUT2D eigenvalue weighted by atomic mass is 35.5. The molecule has 0 amide bonds. The summed E-state index contributed by atoms with van der Waals surface area (Å²) in [4.78, 5) is 2.06. The van der Waals surface area contributed by atoms with E-state index < -0.39 is 11.9 Å². The van der Waals surface area contributed by atoms with Gasteiger partial charge in [-0.15, -0.1) is 12.4 Å².